The van der Waals surface area contributed by atoms with Gasteiger partial charge < -0.3 is 20.7 Å². The van der Waals surface area contributed by atoms with E-state index in [1.54, 1.807) is 7.05 Å². The molecule has 4 N–H and O–H groups in total. The fourth-order valence-corrected chi connectivity index (χ4v) is 2.74. The summed E-state index contributed by atoms with van der Waals surface area (Å²) < 4.78 is 1.53. The Labute approximate surface area is 144 Å². The minimum absolute atomic E-state index is 0.0637. The zero-order valence-electron chi connectivity index (χ0n) is 13.8. The molecule has 0 fully saturated rings. The second-order valence-corrected chi connectivity index (χ2v) is 5.92. The number of nitrogens with two attached hydrogens (primary N) is 1. The van der Waals surface area contributed by atoms with Crippen molar-refractivity contribution in [1.29, 1.82) is 0 Å². The van der Waals surface area contributed by atoms with Crippen LogP contribution in [0.1, 0.15) is 32.5 Å². The molecule has 1 atom stereocenters. The number of primary amides is 1. The molecule has 1 aromatic heterocycles. The molecular formula is C19H19N3O3. The van der Waals surface area contributed by atoms with Gasteiger partial charge in [-0.15, -0.1) is 0 Å². The number of rotatable bonds is 5. The predicted octanol–water partition coefficient (Wildman–Crippen LogP) is 1.74. The Morgan fingerprint density at radius 1 is 1.16 bits per heavy atom. The minimum Gasteiger partial charge on any atom is -0.387 e. The average Bonchev–Trinajstić information content (AvgIpc) is 3.01. The van der Waals surface area contributed by atoms with E-state index in [-0.39, 0.29) is 18.0 Å². The van der Waals surface area contributed by atoms with E-state index in [2.05, 4.69) is 5.32 Å². The molecule has 0 aliphatic rings. The molecule has 3 rings (SSSR count). The fraction of sp³-hybridized carbons (Fsp3) is 0.158. The van der Waals surface area contributed by atoms with Gasteiger partial charge in [-0.05, 0) is 28.5 Å². The number of aliphatic hydroxyl groups is 1. The van der Waals surface area contributed by atoms with E-state index >= 15 is 0 Å². The van der Waals surface area contributed by atoms with Crippen LogP contribution in [0.15, 0.2) is 54.7 Å². The molecule has 0 aliphatic carbocycles. The van der Waals surface area contributed by atoms with Crippen LogP contribution in [0.5, 0.6) is 0 Å². The van der Waals surface area contributed by atoms with Crippen LogP contribution in [0.25, 0.3) is 10.8 Å². The molecule has 25 heavy (non-hydrogen) atoms. The normalized spacial score (nSPS) is 12.1. The standard InChI is InChI=1S/C19H19N3O3/c1-22-11-15(18(20)24)9-16(22)19(25)21-10-17(23)14-7-6-12-4-2-3-5-13(12)8-14/h2-9,11,17,23H,10H2,1H3,(H2,20,24)(H,21,25). The fourth-order valence-electron chi connectivity index (χ4n) is 2.74. The first kappa shape index (κ1) is 16.7. The summed E-state index contributed by atoms with van der Waals surface area (Å²) in [5.74, 6) is -0.972. The largest absolute Gasteiger partial charge is 0.387 e. The second-order valence-electron chi connectivity index (χ2n) is 5.92. The smallest absolute Gasteiger partial charge is 0.268 e. The topological polar surface area (TPSA) is 97.4 Å². The summed E-state index contributed by atoms with van der Waals surface area (Å²) in [5.41, 5.74) is 6.51. The lowest BCUT2D eigenvalue weighted by molar-refractivity contribution is 0.0908. The predicted molar refractivity (Wildman–Crippen MR) is 95.2 cm³/mol. The van der Waals surface area contributed by atoms with Crippen molar-refractivity contribution in [3.63, 3.8) is 0 Å². The molecule has 0 spiro atoms. The molecule has 3 aromatic rings. The first-order valence-electron chi connectivity index (χ1n) is 7.87. The zero-order chi connectivity index (χ0) is 18.0. The summed E-state index contributed by atoms with van der Waals surface area (Å²) in [5, 5.41) is 15.1. The molecule has 6 nitrogen and oxygen atoms in total. The highest BCUT2D eigenvalue weighted by Gasteiger charge is 2.16. The summed E-state index contributed by atoms with van der Waals surface area (Å²) in [7, 11) is 1.65. The minimum atomic E-state index is -0.829. The van der Waals surface area contributed by atoms with Crippen molar-refractivity contribution >= 4 is 22.6 Å². The number of hydrogen-bond acceptors (Lipinski definition) is 3. The van der Waals surface area contributed by atoms with Gasteiger partial charge in [0.15, 0.2) is 0 Å². The molecular weight excluding hydrogens is 318 g/mol. The number of carbonyl (C=O) groups is 2. The maximum Gasteiger partial charge on any atom is 0.268 e. The van der Waals surface area contributed by atoms with Crippen LogP contribution in [0.2, 0.25) is 0 Å². The lowest BCUT2D eigenvalue weighted by Crippen LogP contribution is -2.29. The lowest BCUT2D eigenvalue weighted by atomic mass is 10.0. The third kappa shape index (κ3) is 3.54. The SMILES string of the molecule is Cn1cc(C(N)=O)cc1C(=O)NCC(O)c1ccc2ccccc2c1. The maximum atomic E-state index is 12.3. The van der Waals surface area contributed by atoms with Crippen LogP contribution >= 0.6 is 0 Å². The monoisotopic (exact) mass is 337 g/mol. The number of nitrogens with zero attached hydrogens (tertiary/aromatic N) is 1. The van der Waals surface area contributed by atoms with Crippen molar-refractivity contribution in [2.24, 2.45) is 12.8 Å². The molecule has 0 bridgehead atoms. The number of aryl methyl sites for hydroxylation is 1. The Morgan fingerprint density at radius 2 is 1.88 bits per heavy atom. The number of hydrogen-bond donors (Lipinski definition) is 3. The number of benzene rings is 2. The molecule has 0 radical (unpaired) electrons. The number of amides is 2. The van der Waals surface area contributed by atoms with E-state index in [4.69, 9.17) is 5.73 Å². The summed E-state index contributed by atoms with van der Waals surface area (Å²) >= 11 is 0. The van der Waals surface area contributed by atoms with Gasteiger partial charge in [-0.1, -0.05) is 36.4 Å². The van der Waals surface area contributed by atoms with Crippen LogP contribution in [0.3, 0.4) is 0 Å². The van der Waals surface area contributed by atoms with Gasteiger partial charge in [0.05, 0.1) is 11.7 Å². The van der Waals surface area contributed by atoms with Crippen LogP contribution in [0.4, 0.5) is 0 Å². The zero-order valence-corrected chi connectivity index (χ0v) is 13.8. The number of carbonyl (C=O) groups excluding carboxylic acids is 2. The van der Waals surface area contributed by atoms with Gasteiger partial charge >= 0.3 is 0 Å². The number of fused-ring (bicyclic) bond motifs is 1. The van der Waals surface area contributed by atoms with Crippen molar-refractivity contribution in [2.45, 2.75) is 6.10 Å². The van der Waals surface area contributed by atoms with Crippen LogP contribution in [-0.4, -0.2) is 28.0 Å². The Hall–Kier alpha value is -3.12. The Kier molecular flexibility index (Phi) is 4.54. The van der Waals surface area contributed by atoms with Crippen molar-refractivity contribution in [3.05, 3.63) is 71.5 Å². The van der Waals surface area contributed by atoms with Gasteiger partial charge in [-0.3, -0.25) is 9.59 Å². The summed E-state index contributed by atoms with van der Waals surface area (Å²) in [6.07, 6.45) is 0.668. The van der Waals surface area contributed by atoms with Crippen molar-refractivity contribution in [1.82, 2.24) is 9.88 Å². The first-order valence-corrected chi connectivity index (χ1v) is 7.87. The highest BCUT2D eigenvalue weighted by Crippen LogP contribution is 2.20. The second kappa shape index (κ2) is 6.78. The Bertz CT molecular complexity index is 946. The van der Waals surface area contributed by atoms with Crippen LogP contribution in [-0.2, 0) is 7.05 Å². The molecule has 2 amide bonds. The van der Waals surface area contributed by atoms with Crippen LogP contribution in [0, 0.1) is 0 Å². The highest BCUT2D eigenvalue weighted by atomic mass is 16.3. The van der Waals surface area contributed by atoms with Crippen molar-refractivity contribution in [2.75, 3.05) is 6.54 Å². The molecule has 2 aromatic carbocycles. The lowest BCUT2D eigenvalue weighted by Gasteiger charge is -2.13. The van der Waals surface area contributed by atoms with E-state index in [1.807, 2.05) is 42.5 Å². The summed E-state index contributed by atoms with van der Waals surface area (Å²) in [6.45, 7) is 0.0637. The van der Waals surface area contributed by atoms with Gasteiger partial charge in [0, 0.05) is 19.8 Å². The number of nitrogens with one attached hydrogen (secondary N) is 1. The average molecular weight is 337 g/mol. The van der Waals surface area contributed by atoms with E-state index in [9.17, 15) is 14.7 Å². The van der Waals surface area contributed by atoms with Crippen molar-refractivity contribution in [3.8, 4) is 0 Å². The summed E-state index contributed by atoms with van der Waals surface area (Å²) in [4.78, 5) is 23.4. The van der Waals surface area contributed by atoms with Crippen molar-refractivity contribution < 1.29 is 14.7 Å². The summed E-state index contributed by atoms with van der Waals surface area (Å²) in [6, 6.07) is 15.0. The molecule has 128 valence electrons. The van der Waals surface area contributed by atoms with E-state index in [1.165, 1.54) is 16.8 Å². The van der Waals surface area contributed by atoms with Gasteiger partial charge in [0.25, 0.3) is 5.91 Å². The molecule has 1 unspecified atom stereocenters. The van der Waals surface area contributed by atoms with E-state index in [0.29, 0.717) is 5.69 Å². The third-order valence-corrected chi connectivity index (χ3v) is 4.14. The number of aliphatic hydroxyl groups excluding tert-OH is 1. The Balaban J connectivity index is 1.69. The van der Waals surface area contributed by atoms with E-state index in [0.717, 1.165) is 16.3 Å². The molecule has 0 saturated carbocycles. The maximum absolute atomic E-state index is 12.3. The van der Waals surface area contributed by atoms with E-state index < -0.39 is 12.0 Å². The van der Waals surface area contributed by atoms with Gasteiger partial charge in [0.1, 0.15) is 5.69 Å². The molecule has 6 heteroatoms. The molecule has 1 heterocycles. The van der Waals surface area contributed by atoms with Gasteiger partial charge in [-0.2, -0.15) is 0 Å². The first-order chi connectivity index (χ1) is 12.0. The quantitative estimate of drug-likeness (QED) is 0.661. The van der Waals surface area contributed by atoms with Gasteiger partial charge in [-0.25, -0.2) is 0 Å². The highest BCUT2D eigenvalue weighted by molar-refractivity contribution is 5.98. The van der Waals surface area contributed by atoms with Crippen LogP contribution < -0.4 is 11.1 Å². The Morgan fingerprint density at radius 3 is 2.56 bits per heavy atom. The molecule has 0 saturated heterocycles. The van der Waals surface area contributed by atoms with Gasteiger partial charge in [0.2, 0.25) is 5.91 Å². The molecule has 0 aliphatic heterocycles. The third-order valence-electron chi connectivity index (χ3n) is 4.14. The number of aromatic nitrogens is 1.